The Kier molecular flexibility index (Phi) is 1.05. The molecule has 1 fully saturated rings. The van der Waals surface area contributed by atoms with Crippen LogP contribution in [-0.4, -0.2) is 26.2 Å². The Morgan fingerprint density at radius 3 is 2.56 bits per heavy atom. The van der Waals surface area contributed by atoms with E-state index in [2.05, 4.69) is 15.5 Å². The van der Waals surface area contributed by atoms with Crippen LogP contribution in [0.15, 0.2) is 10.2 Å². The normalized spacial score (nSPS) is 30.2. The van der Waals surface area contributed by atoms with E-state index in [9.17, 15) is 0 Å². The van der Waals surface area contributed by atoms with Crippen LogP contribution in [-0.2, 0) is 0 Å². The third-order valence-corrected chi connectivity index (χ3v) is 2.24. The Hall–Kier alpha value is -0.440. The van der Waals surface area contributed by atoms with Gasteiger partial charge >= 0.3 is 0 Å². The Bertz CT molecular complexity index is 125. The monoisotopic (exact) mass is 125 g/mol. The molecule has 0 bridgehead atoms. The number of hydrogen-bond acceptors (Lipinski definition) is 3. The summed E-state index contributed by atoms with van der Waals surface area (Å²) in [4.78, 5) is 0. The molecule has 0 unspecified atom stereocenters. The van der Waals surface area contributed by atoms with Gasteiger partial charge in [0, 0.05) is 12.0 Å². The maximum atomic E-state index is 4.00. The Morgan fingerprint density at radius 2 is 2.00 bits per heavy atom. The van der Waals surface area contributed by atoms with Gasteiger partial charge in [0.05, 0.1) is 13.1 Å². The van der Waals surface area contributed by atoms with E-state index in [0.717, 1.165) is 26.2 Å². The van der Waals surface area contributed by atoms with Gasteiger partial charge in [0.1, 0.15) is 0 Å². The molecule has 9 heavy (non-hydrogen) atoms. The molecule has 0 radical (unpaired) electrons. The van der Waals surface area contributed by atoms with Crippen molar-refractivity contribution in [3.63, 3.8) is 0 Å². The van der Waals surface area contributed by atoms with E-state index in [0.29, 0.717) is 5.41 Å². The number of rotatable bonds is 0. The molecular weight excluding hydrogens is 114 g/mol. The highest BCUT2D eigenvalue weighted by atomic mass is 15.2. The van der Waals surface area contributed by atoms with Crippen molar-refractivity contribution in [3.8, 4) is 0 Å². The summed E-state index contributed by atoms with van der Waals surface area (Å²) in [6.45, 7) is 4.20. The number of azo groups is 1. The molecule has 0 aromatic heterocycles. The molecule has 50 valence electrons. The lowest BCUT2D eigenvalue weighted by atomic mass is 9.89. The second-order valence-electron chi connectivity index (χ2n) is 3.03. The third kappa shape index (κ3) is 0.758. The standard InChI is InChI=1S/C6H11N3/c1-2-7-3-6(1)4-8-9-5-6/h7H,1-5H2. The van der Waals surface area contributed by atoms with Crippen molar-refractivity contribution >= 4 is 0 Å². The molecular formula is C6H11N3. The van der Waals surface area contributed by atoms with Crippen molar-refractivity contribution in [3.05, 3.63) is 0 Å². The molecule has 0 saturated carbocycles. The Balaban J connectivity index is 2.07. The maximum absolute atomic E-state index is 4.00. The smallest absolute Gasteiger partial charge is 0.0686 e. The second-order valence-corrected chi connectivity index (χ2v) is 3.03. The Morgan fingerprint density at radius 1 is 1.22 bits per heavy atom. The van der Waals surface area contributed by atoms with Gasteiger partial charge in [0.25, 0.3) is 0 Å². The van der Waals surface area contributed by atoms with E-state index in [1.807, 2.05) is 0 Å². The van der Waals surface area contributed by atoms with Crippen molar-refractivity contribution in [2.45, 2.75) is 6.42 Å². The molecule has 0 aromatic rings. The van der Waals surface area contributed by atoms with Crippen LogP contribution < -0.4 is 5.32 Å². The van der Waals surface area contributed by atoms with Crippen LogP contribution in [0.5, 0.6) is 0 Å². The predicted octanol–water partition coefficient (Wildman–Crippen LogP) is 0.432. The van der Waals surface area contributed by atoms with Gasteiger partial charge in [-0.05, 0) is 13.0 Å². The van der Waals surface area contributed by atoms with Crippen LogP contribution in [0.2, 0.25) is 0 Å². The molecule has 1 spiro atoms. The Labute approximate surface area is 54.5 Å². The zero-order chi connectivity index (χ0) is 6.16. The molecule has 2 aliphatic rings. The van der Waals surface area contributed by atoms with Gasteiger partial charge in [-0.2, -0.15) is 10.2 Å². The van der Waals surface area contributed by atoms with Crippen molar-refractivity contribution < 1.29 is 0 Å². The molecule has 0 amide bonds. The highest BCUT2D eigenvalue weighted by Gasteiger charge is 2.36. The molecule has 0 atom stereocenters. The summed E-state index contributed by atoms with van der Waals surface area (Å²) in [5.74, 6) is 0. The highest BCUT2D eigenvalue weighted by molar-refractivity contribution is 4.93. The summed E-state index contributed by atoms with van der Waals surface area (Å²) in [6, 6.07) is 0. The average Bonchev–Trinajstić information content (AvgIpc) is 2.45. The van der Waals surface area contributed by atoms with Crippen LogP contribution >= 0.6 is 0 Å². The molecule has 0 aliphatic carbocycles. The molecule has 2 rings (SSSR count). The lowest BCUT2D eigenvalue weighted by Gasteiger charge is -2.16. The van der Waals surface area contributed by atoms with Gasteiger partial charge in [-0.3, -0.25) is 0 Å². The lowest BCUT2D eigenvalue weighted by molar-refractivity contribution is 0.387. The quantitative estimate of drug-likeness (QED) is 0.501. The maximum Gasteiger partial charge on any atom is 0.0686 e. The molecule has 0 aromatic carbocycles. The minimum absolute atomic E-state index is 0.444. The van der Waals surface area contributed by atoms with E-state index in [1.54, 1.807) is 0 Å². The number of nitrogens with one attached hydrogen (secondary N) is 1. The van der Waals surface area contributed by atoms with E-state index in [-0.39, 0.29) is 0 Å². The predicted molar refractivity (Wildman–Crippen MR) is 34.5 cm³/mol. The lowest BCUT2D eigenvalue weighted by Crippen LogP contribution is -2.27. The zero-order valence-corrected chi connectivity index (χ0v) is 5.43. The number of nitrogens with zero attached hydrogens (tertiary/aromatic N) is 2. The van der Waals surface area contributed by atoms with Gasteiger partial charge in [-0.1, -0.05) is 0 Å². The van der Waals surface area contributed by atoms with Gasteiger partial charge in [0.2, 0.25) is 0 Å². The molecule has 1 N–H and O–H groups in total. The molecule has 1 saturated heterocycles. The minimum atomic E-state index is 0.444. The van der Waals surface area contributed by atoms with E-state index in [1.165, 1.54) is 6.42 Å². The fourth-order valence-corrected chi connectivity index (χ4v) is 1.52. The zero-order valence-electron chi connectivity index (χ0n) is 5.43. The summed E-state index contributed by atoms with van der Waals surface area (Å²) < 4.78 is 0. The summed E-state index contributed by atoms with van der Waals surface area (Å²) in [5, 5.41) is 11.3. The first kappa shape index (κ1) is 5.35. The molecule has 2 aliphatic heterocycles. The van der Waals surface area contributed by atoms with E-state index >= 15 is 0 Å². The summed E-state index contributed by atoms with van der Waals surface area (Å²) in [5.41, 5.74) is 0.444. The summed E-state index contributed by atoms with van der Waals surface area (Å²) >= 11 is 0. The first-order valence-corrected chi connectivity index (χ1v) is 3.45. The third-order valence-electron chi connectivity index (χ3n) is 2.24. The fraction of sp³-hybridized carbons (Fsp3) is 1.00. The van der Waals surface area contributed by atoms with Crippen LogP contribution in [0, 0.1) is 5.41 Å². The van der Waals surface area contributed by atoms with Gasteiger partial charge in [0.15, 0.2) is 0 Å². The van der Waals surface area contributed by atoms with Crippen molar-refractivity contribution in [2.75, 3.05) is 26.2 Å². The van der Waals surface area contributed by atoms with Gasteiger partial charge < -0.3 is 5.32 Å². The first-order valence-electron chi connectivity index (χ1n) is 3.45. The van der Waals surface area contributed by atoms with Crippen LogP contribution in [0.25, 0.3) is 0 Å². The van der Waals surface area contributed by atoms with E-state index in [4.69, 9.17) is 0 Å². The highest BCUT2D eigenvalue weighted by Crippen LogP contribution is 2.29. The summed E-state index contributed by atoms with van der Waals surface area (Å²) in [7, 11) is 0. The largest absolute Gasteiger partial charge is 0.316 e. The van der Waals surface area contributed by atoms with Crippen molar-refractivity contribution in [1.29, 1.82) is 0 Å². The molecule has 3 nitrogen and oxygen atoms in total. The van der Waals surface area contributed by atoms with Crippen LogP contribution in [0.4, 0.5) is 0 Å². The van der Waals surface area contributed by atoms with Crippen molar-refractivity contribution in [1.82, 2.24) is 5.32 Å². The fourth-order valence-electron chi connectivity index (χ4n) is 1.52. The second kappa shape index (κ2) is 1.77. The minimum Gasteiger partial charge on any atom is -0.316 e. The number of hydrogen-bond donors (Lipinski definition) is 1. The summed E-state index contributed by atoms with van der Waals surface area (Å²) in [6.07, 6.45) is 1.26. The van der Waals surface area contributed by atoms with Crippen LogP contribution in [0.3, 0.4) is 0 Å². The average molecular weight is 125 g/mol. The molecule has 2 heterocycles. The van der Waals surface area contributed by atoms with Crippen molar-refractivity contribution in [2.24, 2.45) is 15.6 Å². The molecule has 3 heteroatoms. The van der Waals surface area contributed by atoms with Crippen LogP contribution in [0.1, 0.15) is 6.42 Å². The first-order chi connectivity index (χ1) is 4.41. The van der Waals surface area contributed by atoms with E-state index < -0.39 is 0 Å². The topological polar surface area (TPSA) is 36.8 Å². The van der Waals surface area contributed by atoms with Gasteiger partial charge in [-0.15, -0.1) is 0 Å². The van der Waals surface area contributed by atoms with Gasteiger partial charge in [-0.25, -0.2) is 0 Å². The SMILES string of the molecule is C1CC2(CN=NC2)CN1.